The van der Waals surface area contributed by atoms with Crippen LogP contribution in [0.3, 0.4) is 0 Å². The SMILES string of the molecule is O=C(CCc1ncc(-c2ccc(F)cc2F)o1)NC1CCN(C(=O)c2ccco2)CC1. The minimum atomic E-state index is -0.739. The van der Waals surface area contributed by atoms with Gasteiger partial charge < -0.3 is 19.1 Å². The molecule has 4 rings (SSSR count). The normalized spacial score (nSPS) is 14.6. The first-order valence-electron chi connectivity index (χ1n) is 10.0. The number of benzene rings is 1. The molecular weight excluding hydrogens is 408 g/mol. The van der Waals surface area contributed by atoms with E-state index in [1.54, 1.807) is 17.0 Å². The molecule has 1 fully saturated rings. The van der Waals surface area contributed by atoms with Gasteiger partial charge in [-0.25, -0.2) is 13.8 Å². The lowest BCUT2D eigenvalue weighted by molar-refractivity contribution is -0.122. The van der Waals surface area contributed by atoms with Crippen LogP contribution in [0, 0.1) is 11.6 Å². The molecule has 3 heterocycles. The Hall–Kier alpha value is -3.49. The Morgan fingerprint density at radius 1 is 1.19 bits per heavy atom. The zero-order valence-corrected chi connectivity index (χ0v) is 16.6. The first-order valence-corrected chi connectivity index (χ1v) is 10.0. The van der Waals surface area contributed by atoms with E-state index >= 15 is 0 Å². The first kappa shape index (κ1) is 20.8. The summed E-state index contributed by atoms with van der Waals surface area (Å²) in [5.41, 5.74) is 0.112. The van der Waals surface area contributed by atoms with Crippen molar-refractivity contribution in [1.82, 2.24) is 15.2 Å². The van der Waals surface area contributed by atoms with Crippen molar-refractivity contribution in [3.05, 3.63) is 66.1 Å². The van der Waals surface area contributed by atoms with E-state index in [9.17, 15) is 18.4 Å². The number of piperidine rings is 1. The molecule has 1 N–H and O–H groups in total. The number of likely N-dealkylation sites (tertiary alicyclic amines) is 1. The fraction of sp³-hybridized carbons (Fsp3) is 0.318. The van der Waals surface area contributed by atoms with Crippen LogP contribution in [0.15, 0.2) is 51.6 Å². The molecule has 3 aromatic rings. The van der Waals surface area contributed by atoms with Gasteiger partial charge in [0.1, 0.15) is 11.6 Å². The molecule has 7 nitrogen and oxygen atoms in total. The molecule has 2 amide bonds. The van der Waals surface area contributed by atoms with Gasteiger partial charge in [0, 0.05) is 38.0 Å². The average Bonchev–Trinajstić information content (AvgIpc) is 3.45. The Balaban J connectivity index is 1.23. The second-order valence-corrected chi connectivity index (χ2v) is 7.35. The molecule has 31 heavy (non-hydrogen) atoms. The van der Waals surface area contributed by atoms with Crippen LogP contribution >= 0.6 is 0 Å². The number of carbonyl (C=O) groups is 2. The third kappa shape index (κ3) is 4.99. The Kier molecular flexibility index (Phi) is 6.11. The summed E-state index contributed by atoms with van der Waals surface area (Å²) in [5.74, 6) is -0.913. The molecule has 0 spiro atoms. The van der Waals surface area contributed by atoms with Crippen molar-refractivity contribution in [2.75, 3.05) is 13.1 Å². The third-order valence-corrected chi connectivity index (χ3v) is 5.20. The molecule has 9 heteroatoms. The fourth-order valence-electron chi connectivity index (χ4n) is 3.54. The van der Waals surface area contributed by atoms with E-state index in [4.69, 9.17) is 8.83 Å². The van der Waals surface area contributed by atoms with Crippen LogP contribution in [-0.4, -0.2) is 40.8 Å². The molecule has 0 saturated carbocycles. The number of nitrogens with one attached hydrogen (secondary N) is 1. The highest BCUT2D eigenvalue weighted by Crippen LogP contribution is 2.24. The Morgan fingerprint density at radius 2 is 2.00 bits per heavy atom. The number of oxazole rings is 1. The number of carbonyl (C=O) groups excluding carboxylic acids is 2. The number of furan rings is 1. The predicted molar refractivity (Wildman–Crippen MR) is 106 cm³/mol. The summed E-state index contributed by atoms with van der Waals surface area (Å²) in [5, 5.41) is 2.97. The highest BCUT2D eigenvalue weighted by molar-refractivity contribution is 5.91. The molecular formula is C22H21F2N3O4. The van der Waals surface area contributed by atoms with Crippen molar-refractivity contribution in [3.8, 4) is 11.3 Å². The lowest BCUT2D eigenvalue weighted by atomic mass is 10.0. The van der Waals surface area contributed by atoms with Crippen LogP contribution in [0.1, 0.15) is 35.7 Å². The minimum absolute atomic E-state index is 0.0124. The van der Waals surface area contributed by atoms with Crippen LogP contribution in [0.25, 0.3) is 11.3 Å². The monoisotopic (exact) mass is 429 g/mol. The standard InChI is InChI=1S/C22H21F2N3O4/c23-14-3-4-16(17(24)12-14)19-13-25-21(31-19)6-5-20(28)26-15-7-9-27(10-8-15)22(29)18-2-1-11-30-18/h1-4,11-13,15H,5-10H2,(H,26,28). The third-order valence-electron chi connectivity index (χ3n) is 5.20. The van der Waals surface area contributed by atoms with Crippen LogP contribution in [0.2, 0.25) is 0 Å². The van der Waals surface area contributed by atoms with Gasteiger partial charge in [-0.15, -0.1) is 0 Å². The van der Waals surface area contributed by atoms with Crippen molar-refractivity contribution in [2.45, 2.75) is 31.7 Å². The average molecular weight is 429 g/mol. The summed E-state index contributed by atoms with van der Waals surface area (Å²) in [6.07, 6.45) is 4.56. The zero-order chi connectivity index (χ0) is 21.8. The fourth-order valence-corrected chi connectivity index (χ4v) is 3.54. The molecule has 162 valence electrons. The second-order valence-electron chi connectivity index (χ2n) is 7.35. The molecule has 1 aliphatic rings. The van der Waals surface area contributed by atoms with Crippen molar-refractivity contribution < 1.29 is 27.2 Å². The van der Waals surface area contributed by atoms with Crippen LogP contribution in [0.4, 0.5) is 8.78 Å². The van der Waals surface area contributed by atoms with Crippen molar-refractivity contribution in [1.29, 1.82) is 0 Å². The second kappa shape index (κ2) is 9.11. The van der Waals surface area contributed by atoms with Crippen LogP contribution < -0.4 is 5.32 Å². The molecule has 0 unspecified atom stereocenters. The molecule has 1 aliphatic heterocycles. The molecule has 0 atom stereocenters. The van der Waals surface area contributed by atoms with E-state index in [2.05, 4.69) is 10.3 Å². The summed E-state index contributed by atoms with van der Waals surface area (Å²) >= 11 is 0. The van der Waals surface area contributed by atoms with E-state index in [1.165, 1.54) is 18.5 Å². The van der Waals surface area contributed by atoms with E-state index < -0.39 is 11.6 Å². The number of aryl methyl sites for hydroxylation is 1. The lowest BCUT2D eigenvalue weighted by Gasteiger charge is -2.31. The number of amides is 2. The summed E-state index contributed by atoms with van der Waals surface area (Å²) in [6.45, 7) is 1.08. The van der Waals surface area contributed by atoms with Gasteiger partial charge in [0.05, 0.1) is 18.0 Å². The molecule has 1 aromatic carbocycles. The van der Waals surface area contributed by atoms with Gasteiger partial charge in [0.15, 0.2) is 17.4 Å². The van der Waals surface area contributed by atoms with Gasteiger partial charge in [-0.3, -0.25) is 9.59 Å². The maximum absolute atomic E-state index is 13.9. The number of aromatic nitrogens is 1. The molecule has 1 saturated heterocycles. The van der Waals surface area contributed by atoms with Gasteiger partial charge in [-0.05, 0) is 37.1 Å². The topological polar surface area (TPSA) is 88.6 Å². The number of halogens is 2. The summed E-state index contributed by atoms with van der Waals surface area (Å²) in [4.78, 5) is 30.3. The summed E-state index contributed by atoms with van der Waals surface area (Å²) in [6, 6.07) is 6.49. The van der Waals surface area contributed by atoms with Crippen LogP contribution in [-0.2, 0) is 11.2 Å². The van der Waals surface area contributed by atoms with Crippen molar-refractivity contribution in [3.63, 3.8) is 0 Å². The maximum Gasteiger partial charge on any atom is 0.289 e. The van der Waals surface area contributed by atoms with Crippen molar-refractivity contribution >= 4 is 11.8 Å². The highest BCUT2D eigenvalue weighted by Gasteiger charge is 2.25. The van der Waals surface area contributed by atoms with E-state index in [0.29, 0.717) is 37.6 Å². The Bertz CT molecular complexity index is 1060. The predicted octanol–water partition coefficient (Wildman–Crippen LogP) is 3.57. The maximum atomic E-state index is 13.9. The number of hydrogen-bond acceptors (Lipinski definition) is 5. The number of rotatable bonds is 6. The molecule has 0 aliphatic carbocycles. The van der Waals surface area contributed by atoms with Crippen molar-refractivity contribution in [2.24, 2.45) is 0 Å². The molecule has 0 radical (unpaired) electrons. The molecule has 2 aromatic heterocycles. The lowest BCUT2D eigenvalue weighted by Crippen LogP contribution is -2.46. The highest BCUT2D eigenvalue weighted by atomic mass is 19.1. The number of nitrogens with zero attached hydrogens (tertiary/aromatic N) is 2. The first-order chi connectivity index (χ1) is 15.0. The molecule has 0 bridgehead atoms. The summed E-state index contributed by atoms with van der Waals surface area (Å²) < 4.78 is 37.5. The van der Waals surface area contributed by atoms with Crippen LogP contribution in [0.5, 0.6) is 0 Å². The Labute approximate surface area is 177 Å². The van der Waals surface area contributed by atoms with E-state index in [1.807, 2.05) is 0 Å². The quantitative estimate of drug-likeness (QED) is 0.647. The smallest absolute Gasteiger partial charge is 0.289 e. The van der Waals surface area contributed by atoms with Gasteiger partial charge in [0.2, 0.25) is 5.91 Å². The van der Waals surface area contributed by atoms with E-state index in [0.717, 1.165) is 12.1 Å². The van der Waals surface area contributed by atoms with Gasteiger partial charge >= 0.3 is 0 Å². The largest absolute Gasteiger partial charge is 0.459 e. The van der Waals surface area contributed by atoms with Gasteiger partial charge in [-0.1, -0.05) is 0 Å². The van der Waals surface area contributed by atoms with Gasteiger partial charge in [-0.2, -0.15) is 0 Å². The van der Waals surface area contributed by atoms with Gasteiger partial charge in [0.25, 0.3) is 5.91 Å². The van der Waals surface area contributed by atoms with E-state index in [-0.39, 0.29) is 42.0 Å². The Morgan fingerprint density at radius 3 is 2.71 bits per heavy atom. The zero-order valence-electron chi connectivity index (χ0n) is 16.6. The minimum Gasteiger partial charge on any atom is -0.459 e. The number of hydrogen-bond donors (Lipinski definition) is 1. The summed E-state index contributed by atoms with van der Waals surface area (Å²) in [7, 11) is 0.